The van der Waals surface area contributed by atoms with Crippen LogP contribution in [0.4, 0.5) is 4.39 Å². The van der Waals surface area contributed by atoms with Gasteiger partial charge in [-0.25, -0.2) is 9.37 Å². The lowest BCUT2D eigenvalue weighted by molar-refractivity contribution is 0.397. The van der Waals surface area contributed by atoms with Crippen LogP contribution in [-0.2, 0) is 13.1 Å². The summed E-state index contributed by atoms with van der Waals surface area (Å²) >= 11 is 3.23. The minimum absolute atomic E-state index is 0.213. The van der Waals surface area contributed by atoms with E-state index >= 15 is 0 Å². The molecule has 0 spiro atoms. The summed E-state index contributed by atoms with van der Waals surface area (Å²) < 4.78 is 19.3. The Morgan fingerprint density at radius 2 is 2.11 bits per heavy atom. The van der Waals surface area contributed by atoms with E-state index in [1.165, 1.54) is 6.07 Å². The molecular formula is C14H14BrFN2O. The third-order valence-electron chi connectivity index (χ3n) is 2.67. The molecule has 0 fully saturated rings. The van der Waals surface area contributed by atoms with E-state index in [9.17, 15) is 4.39 Å². The lowest BCUT2D eigenvalue weighted by Crippen LogP contribution is -2.13. The second-order valence-corrected chi connectivity index (χ2v) is 4.96. The van der Waals surface area contributed by atoms with Crippen molar-refractivity contribution in [2.75, 3.05) is 7.11 Å². The number of aromatic nitrogens is 1. The van der Waals surface area contributed by atoms with Gasteiger partial charge in [-0.15, -0.1) is 0 Å². The molecule has 0 unspecified atom stereocenters. The molecule has 1 heterocycles. The van der Waals surface area contributed by atoms with E-state index in [1.54, 1.807) is 25.4 Å². The van der Waals surface area contributed by atoms with Crippen LogP contribution in [0, 0.1) is 5.82 Å². The average molecular weight is 325 g/mol. The van der Waals surface area contributed by atoms with Gasteiger partial charge >= 0.3 is 0 Å². The summed E-state index contributed by atoms with van der Waals surface area (Å²) in [5, 5.41) is 3.18. The fourth-order valence-electron chi connectivity index (χ4n) is 1.64. The summed E-state index contributed by atoms with van der Waals surface area (Å²) in [5.41, 5.74) is 1.67. The van der Waals surface area contributed by atoms with Crippen LogP contribution >= 0.6 is 15.9 Å². The molecule has 0 aliphatic rings. The van der Waals surface area contributed by atoms with Crippen molar-refractivity contribution in [3.63, 3.8) is 0 Å². The summed E-state index contributed by atoms with van der Waals surface area (Å²) in [5.74, 6) is 0.373. The molecule has 0 aliphatic heterocycles. The van der Waals surface area contributed by atoms with Gasteiger partial charge in [0.2, 0.25) is 5.88 Å². The summed E-state index contributed by atoms with van der Waals surface area (Å²) in [4.78, 5) is 4.11. The molecule has 1 aromatic heterocycles. The number of ether oxygens (including phenoxy) is 1. The predicted molar refractivity (Wildman–Crippen MR) is 75.4 cm³/mol. The Balaban J connectivity index is 1.88. The topological polar surface area (TPSA) is 34.1 Å². The summed E-state index contributed by atoms with van der Waals surface area (Å²) in [6.45, 7) is 1.11. The number of rotatable bonds is 5. The molecule has 0 atom stereocenters. The normalized spacial score (nSPS) is 10.5. The molecule has 19 heavy (non-hydrogen) atoms. The van der Waals surface area contributed by atoms with Gasteiger partial charge in [-0.05, 0) is 17.7 Å². The van der Waals surface area contributed by atoms with E-state index in [-0.39, 0.29) is 5.82 Å². The summed E-state index contributed by atoms with van der Waals surface area (Å²) in [7, 11) is 1.58. The SMILES string of the molecule is COc1ccc(CNCc2ccc(Br)cc2F)cn1. The van der Waals surface area contributed by atoms with E-state index in [4.69, 9.17) is 4.74 Å². The van der Waals surface area contributed by atoms with E-state index in [2.05, 4.69) is 26.2 Å². The maximum absolute atomic E-state index is 13.6. The summed E-state index contributed by atoms with van der Waals surface area (Å²) in [6, 6.07) is 8.79. The van der Waals surface area contributed by atoms with Gasteiger partial charge in [-0.1, -0.05) is 28.1 Å². The standard InChI is InChI=1S/C14H14BrFN2O/c1-19-14-5-2-10(8-18-14)7-17-9-11-3-4-12(15)6-13(11)16/h2-6,8,17H,7,9H2,1H3. The second-order valence-electron chi connectivity index (χ2n) is 4.05. The molecule has 3 nitrogen and oxygen atoms in total. The van der Waals surface area contributed by atoms with Crippen LogP contribution in [0.25, 0.3) is 0 Å². The first-order valence-electron chi connectivity index (χ1n) is 5.82. The third-order valence-corrected chi connectivity index (χ3v) is 3.16. The fourth-order valence-corrected chi connectivity index (χ4v) is 1.98. The molecule has 5 heteroatoms. The van der Waals surface area contributed by atoms with Gasteiger partial charge in [-0.2, -0.15) is 0 Å². The van der Waals surface area contributed by atoms with E-state index in [0.717, 1.165) is 10.0 Å². The Kier molecular flexibility index (Phi) is 4.87. The van der Waals surface area contributed by atoms with Crippen LogP contribution in [0.5, 0.6) is 5.88 Å². The Morgan fingerprint density at radius 1 is 1.26 bits per heavy atom. The maximum Gasteiger partial charge on any atom is 0.212 e. The zero-order valence-electron chi connectivity index (χ0n) is 10.5. The molecule has 1 aromatic carbocycles. The lowest BCUT2D eigenvalue weighted by Gasteiger charge is -2.07. The van der Waals surface area contributed by atoms with E-state index in [0.29, 0.717) is 24.5 Å². The van der Waals surface area contributed by atoms with Gasteiger partial charge in [0.25, 0.3) is 0 Å². The minimum Gasteiger partial charge on any atom is -0.481 e. The van der Waals surface area contributed by atoms with Crippen molar-refractivity contribution in [3.05, 3.63) is 57.9 Å². The van der Waals surface area contributed by atoms with Crippen molar-refractivity contribution in [2.24, 2.45) is 0 Å². The van der Waals surface area contributed by atoms with Crippen LogP contribution in [-0.4, -0.2) is 12.1 Å². The van der Waals surface area contributed by atoms with Crippen molar-refractivity contribution in [1.82, 2.24) is 10.3 Å². The van der Waals surface area contributed by atoms with Crippen molar-refractivity contribution in [1.29, 1.82) is 0 Å². The van der Waals surface area contributed by atoms with Crippen LogP contribution < -0.4 is 10.1 Å². The maximum atomic E-state index is 13.6. The molecule has 0 bridgehead atoms. The molecule has 1 N–H and O–H groups in total. The molecule has 100 valence electrons. The van der Waals surface area contributed by atoms with Crippen LogP contribution in [0.2, 0.25) is 0 Å². The smallest absolute Gasteiger partial charge is 0.212 e. The highest BCUT2D eigenvalue weighted by atomic mass is 79.9. The molecule has 0 aliphatic carbocycles. The number of pyridine rings is 1. The molecule has 0 saturated carbocycles. The molecule has 2 aromatic rings. The van der Waals surface area contributed by atoms with Gasteiger partial charge in [0.1, 0.15) is 5.82 Å². The molecule has 2 rings (SSSR count). The number of hydrogen-bond acceptors (Lipinski definition) is 3. The number of nitrogens with one attached hydrogen (secondary N) is 1. The monoisotopic (exact) mass is 324 g/mol. The van der Waals surface area contributed by atoms with Gasteiger partial charge in [0.15, 0.2) is 0 Å². The molecule has 0 saturated heterocycles. The fraction of sp³-hybridized carbons (Fsp3) is 0.214. The second kappa shape index (κ2) is 6.63. The third kappa shape index (κ3) is 4.01. The molecular weight excluding hydrogens is 311 g/mol. The van der Waals surface area contributed by atoms with Gasteiger partial charge in [0.05, 0.1) is 7.11 Å². The zero-order chi connectivity index (χ0) is 13.7. The average Bonchev–Trinajstić information content (AvgIpc) is 2.42. The summed E-state index contributed by atoms with van der Waals surface area (Å²) in [6.07, 6.45) is 1.74. The number of halogens is 2. The van der Waals surface area contributed by atoms with Crippen LogP contribution in [0.15, 0.2) is 41.0 Å². The van der Waals surface area contributed by atoms with Gasteiger partial charge < -0.3 is 10.1 Å². The van der Waals surface area contributed by atoms with Crippen molar-refractivity contribution in [2.45, 2.75) is 13.1 Å². The largest absolute Gasteiger partial charge is 0.481 e. The number of hydrogen-bond donors (Lipinski definition) is 1. The molecule has 0 radical (unpaired) electrons. The number of benzene rings is 1. The first-order valence-corrected chi connectivity index (χ1v) is 6.62. The van der Waals surface area contributed by atoms with Crippen LogP contribution in [0.3, 0.4) is 0 Å². The van der Waals surface area contributed by atoms with Gasteiger partial charge in [0, 0.05) is 35.4 Å². The highest BCUT2D eigenvalue weighted by Gasteiger charge is 2.02. The van der Waals surface area contributed by atoms with Gasteiger partial charge in [-0.3, -0.25) is 0 Å². The highest BCUT2D eigenvalue weighted by molar-refractivity contribution is 9.10. The minimum atomic E-state index is -0.213. The highest BCUT2D eigenvalue weighted by Crippen LogP contribution is 2.15. The quantitative estimate of drug-likeness (QED) is 0.916. The lowest BCUT2D eigenvalue weighted by atomic mass is 10.2. The van der Waals surface area contributed by atoms with Crippen molar-refractivity contribution < 1.29 is 9.13 Å². The Bertz CT molecular complexity index is 546. The Labute approximate surface area is 119 Å². The first-order chi connectivity index (χ1) is 9.19. The van der Waals surface area contributed by atoms with Crippen LogP contribution in [0.1, 0.15) is 11.1 Å². The zero-order valence-corrected chi connectivity index (χ0v) is 12.1. The van der Waals surface area contributed by atoms with Crippen molar-refractivity contribution in [3.8, 4) is 5.88 Å². The van der Waals surface area contributed by atoms with E-state index < -0.39 is 0 Å². The number of nitrogens with zero attached hydrogens (tertiary/aromatic N) is 1. The predicted octanol–water partition coefficient (Wildman–Crippen LogP) is 3.28. The Hall–Kier alpha value is -1.46. The molecule has 0 amide bonds. The Morgan fingerprint density at radius 3 is 2.74 bits per heavy atom. The van der Waals surface area contributed by atoms with E-state index in [1.807, 2.05) is 12.1 Å². The first kappa shape index (κ1) is 14.0. The number of methoxy groups -OCH3 is 1. The van der Waals surface area contributed by atoms with Crippen molar-refractivity contribution >= 4 is 15.9 Å².